The van der Waals surface area contributed by atoms with E-state index in [4.69, 9.17) is 16.1 Å². The van der Waals surface area contributed by atoms with Crippen molar-refractivity contribution < 1.29 is 14.1 Å². The summed E-state index contributed by atoms with van der Waals surface area (Å²) in [4.78, 5) is 34.8. The van der Waals surface area contributed by atoms with Crippen LogP contribution in [0.25, 0.3) is 11.4 Å². The van der Waals surface area contributed by atoms with Crippen molar-refractivity contribution >= 4 is 23.4 Å². The molecule has 1 aromatic carbocycles. The molecule has 0 unspecified atom stereocenters. The van der Waals surface area contributed by atoms with Gasteiger partial charge in [-0.05, 0) is 45.0 Å². The van der Waals surface area contributed by atoms with Gasteiger partial charge in [0.05, 0.1) is 19.6 Å². The molecule has 1 saturated heterocycles. The van der Waals surface area contributed by atoms with E-state index >= 15 is 0 Å². The molecule has 32 heavy (non-hydrogen) atoms. The van der Waals surface area contributed by atoms with Gasteiger partial charge in [0.2, 0.25) is 23.5 Å². The molecule has 1 aliphatic rings. The SMILES string of the molecule is CN(CC(=O)NC(C)(C)C)C(=O)CN1CCN(Cc2nc(-c3ccc(Cl)cc3)no2)CC1. The number of benzene rings is 1. The van der Waals surface area contributed by atoms with Crippen molar-refractivity contribution in [1.82, 2.24) is 30.2 Å². The Morgan fingerprint density at radius 2 is 1.75 bits per heavy atom. The fourth-order valence-corrected chi connectivity index (χ4v) is 3.53. The molecule has 1 fully saturated rings. The Kier molecular flexibility index (Phi) is 7.86. The van der Waals surface area contributed by atoms with Crippen LogP contribution in [-0.2, 0) is 16.1 Å². The summed E-state index contributed by atoms with van der Waals surface area (Å²) < 4.78 is 5.40. The van der Waals surface area contributed by atoms with Crippen LogP contribution in [0.2, 0.25) is 5.02 Å². The number of hydrogen-bond acceptors (Lipinski definition) is 7. The van der Waals surface area contributed by atoms with E-state index in [1.165, 1.54) is 4.90 Å². The van der Waals surface area contributed by atoms with E-state index in [0.717, 1.165) is 31.7 Å². The molecular weight excluding hydrogens is 432 g/mol. The molecule has 0 saturated carbocycles. The van der Waals surface area contributed by atoms with Gasteiger partial charge in [0, 0.05) is 49.4 Å². The second-order valence-electron chi connectivity index (χ2n) is 9.12. The molecule has 0 bridgehead atoms. The number of piperazine rings is 1. The van der Waals surface area contributed by atoms with Crippen LogP contribution in [0.15, 0.2) is 28.8 Å². The molecule has 0 spiro atoms. The Balaban J connectivity index is 1.42. The topological polar surface area (TPSA) is 94.8 Å². The Hall–Kier alpha value is -2.49. The average molecular weight is 463 g/mol. The molecule has 2 aromatic rings. The summed E-state index contributed by atoms with van der Waals surface area (Å²) in [5.41, 5.74) is 0.540. The lowest BCUT2D eigenvalue weighted by atomic mass is 10.1. The van der Waals surface area contributed by atoms with E-state index in [1.807, 2.05) is 32.9 Å². The average Bonchev–Trinajstić information content (AvgIpc) is 3.17. The third-order valence-corrected chi connectivity index (χ3v) is 5.33. The van der Waals surface area contributed by atoms with Crippen LogP contribution in [0.1, 0.15) is 26.7 Å². The van der Waals surface area contributed by atoms with Gasteiger partial charge < -0.3 is 14.7 Å². The first-order valence-electron chi connectivity index (χ1n) is 10.7. The number of nitrogens with zero attached hydrogens (tertiary/aromatic N) is 5. The smallest absolute Gasteiger partial charge is 0.241 e. The van der Waals surface area contributed by atoms with E-state index in [-0.39, 0.29) is 23.9 Å². The van der Waals surface area contributed by atoms with Crippen LogP contribution in [0, 0.1) is 0 Å². The maximum atomic E-state index is 12.5. The van der Waals surface area contributed by atoms with Gasteiger partial charge in [0.15, 0.2) is 0 Å². The van der Waals surface area contributed by atoms with Gasteiger partial charge in [0.25, 0.3) is 0 Å². The van der Waals surface area contributed by atoms with E-state index in [0.29, 0.717) is 29.8 Å². The van der Waals surface area contributed by atoms with Crippen molar-refractivity contribution in [3.8, 4) is 11.4 Å². The minimum absolute atomic E-state index is 0.0587. The Bertz CT molecular complexity index is 916. The number of hydrogen-bond donors (Lipinski definition) is 1. The van der Waals surface area contributed by atoms with Crippen LogP contribution >= 0.6 is 11.6 Å². The summed E-state index contributed by atoms with van der Waals surface area (Å²) in [6.45, 7) is 9.77. The van der Waals surface area contributed by atoms with Crippen LogP contribution in [-0.4, -0.2) is 88.5 Å². The number of aromatic nitrogens is 2. The number of carbonyl (C=O) groups is 2. The molecule has 0 radical (unpaired) electrons. The molecule has 0 aliphatic carbocycles. The highest BCUT2D eigenvalue weighted by Gasteiger charge is 2.23. The molecule has 2 heterocycles. The predicted molar refractivity (Wildman–Crippen MR) is 122 cm³/mol. The van der Waals surface area contributed by atoms with Gasteiger partial charge >= 0.3 is 0 Å². The lowest BCUT2D eigenvalue weighted by Crippen LogP contribution is -2.51. The van der Waals surface area contributed by atoms with Gasteiger partial charge in [-0.15, -0.1) is 0 Å². The van der Waals surface area contributed by atoms with Gasteiger partial charge in [-0.25, -0.2) is 0 Å². The number of rotatable bonds is 7. The van der Waals surface area contributed by atoms with Gasteiger partial charge in [-0.3, -0.25) is 19.4 Å². The zero-order chi connectivity index (χ0) is 23.3. The van der Waals surface area contributed by atoms with E-state index in [1.54, 1.807) is 19.2 Å². The summed E-state index contributed by atoms with van der Waals surface area (Å²) in [6.07, 6.45) is 0. The Morgan fingerprint density at radius 1 is 1.12 bits per heavy atom. The summed E-state index contributed by atoms with van der Waals surface area (Å²) in [5, 5.41) is 7.59. The minimum atomic E-state index is -0.314. The van der Waals surface area contributed by atoms with Crippen LogP contribution in [0.5, 0.6) is 0 Å². The maximum Gasteiger partial charge on any atom is 0.241 e. The van der Waals surface area contributed by atoms with Gasteiger partial charge in [0.1, 0.15) is 0 Å². The molecular formula is C22H31ClN6O3. The number of nitrogens with one attached hydrogen (secondary N) is 1. The number of likely N-dealkylation sites (N-methyl/N-ethyl adjacent to an activating group) is 1. The minimum Gasteiger partial charge on any atom is -0.350 e. The fourth-order valence-electron chi connectivity index (χ4n) is 3.41. The summed E-state index contributed by atoms with van der Waals surface area (Å²) in [6, 6.07) is 7.30. The van der Waals surface area contributed by atoms with Crippen molar-refractivity contribution in [1.29, 1.82) is 0 Å². The quantitative estimate of drug-likeness (QED) is 0.671. The fraction of sp³-hybridized carbons (Fsp3) is 0.545. The summed E-state index contributed by atoms with van der Waals surface area (Å²) in [7, 11) is 1.66. The van der Waals surface area contributed by atoms with E-state index in [2.05, 4.69) is 25.3 Å². The van der Waals surface area contributed by atoms with E-state index in [9.17, 15) is 9.59 Å². The van der Waals surface area contributed by atoms with Crippen molar-refractivity contribution in [2.24, 2.45) is 0 Å². The largest absolute Gasteiger partial charge is 0.350 e. The second-order valence-corrected chi connectivity index (χ2v) is 9.56. The second kappa shape index (κ2) is 10.4. The predicted octanol–water partition coefficient (Wildman–Crippen LogP) is 1.88. The number of amides is 2. The first kappa shape index (κ1) is 24.2. The monoisotopic (exact) mass is 462 g/mol. The Labute approximate surface area is 193 Å². The van der Waals surface area contributed by atoms with Crippen LogP contribution < -0.4 is 5.32 Å². The molecule has 10 heteroatoms. The first-order chi connectivity index (χ1) is 15.1. The molecule has 3 rings (SSSR count). The van der Waals surface area contributed by atoms with Crippen LogP contribution in [0.4, 0.5) is 0 Å². The highest BCUT2D eigenvalue weighted by molar-refractivity contribution is 6.30. The number of carbonyl (C=O) groups excluding carboxylic acids is 2. The van der Waals surface area contributed by atoms with Crippen LogP contribution in [0.3, 0.4) is 0 Å². The van der Waals surface area contributed by atoms with Crippen molar-refractivity contribution in [2.45, 2.75) is 32.9 Å². The first-order valence-corrected chi connectivity index (χ1v) is 11.0. The number of halogens is 1. The van der Waals surface area contributed by atoms with Gasteiger partial charge in [-0.1, -0.05) is 16.8 Å². The molecule has 1 aromatic heterocycles. The molecule has 9 nitrogen and oxygen atoms in total. The van der Waals surface area contributed by atoms with Crippen molar-refractivity contribution in [3.05, 3.63) is 35.2 Å². The lowest BCUT2D eigenvalue weighted by Gasteiger charge is -2.34. The maximum absolute atomic E-state index is 12.5. The Morgan fingerprint density at radius 3 is 2.38 bits per heavy atom. The lowest BCUT2D eigenvalue weighted by molar-refractivity contribution is -0.136. The zero-order valence-corrected chi connectivity index (χ0v) is 19.9. The molecule has 2 amide bonds. The molecule has 1 aliphatic heterocycles. The molecule has 1 N–H and O–H groups in total. The third kappa shape index (κ3) is 7.29. The normalized spacial score (nSPS) is 15.5. The third-order valence-electron chi connectivity index (χ3n) is 5.07. The molecule has 174 valence electrons. The van der Waals surface area contributed by atoms with E-state index < -0.39 is 0 Å². The highest BCUT2D eigenvalue weighted by Crippen LogP contribution is 2.19. The summed E-state index contributed by atoms with van der Waals surface area (Å²) >= 11 is 5.92. The molecule has 0 atom stereocenters. The van der Waals surface area contributed by atoms with Crippen molar-refractivity contribution in [2.75, 3.05) is 46.3 Å². The van der Waals surface area contributed by atoms with Crippen molar-refractivity contribution in [3.63, 3.8) is 0 Å². The summed E-state index contributed by atoms with van der Waals surface area (Å²) in [5.74, 6) is 0.881. The standard InChI is InChI=1S/C22H31ClN6O3/c1-22(2,3)25-18(30)13-27(4)20(31)15-29-11-9-28(10-12-29)14-19-24-21(26-32-19)16-5-7-17(23)8-6-16/h5-8H,9-15H2,1-4H3,(H,25,30). The zero-order valence-electron chi connectivity index (χ0n) is 19.1. The highest BCUT2D eigenvalue weighted by atomic mass is 35.5. The van der Waals surface area contributed by atoms with Gasteiger partial charge in [-0.2, -0.15) is 4.98 Å².